The van der Waals surface area contributed by atoms with Gasteiger partial charge in [-0.05, 0) is 42.8 Å². The van der Waals surface area contributed by atoms with Crippen molar-refractivity contribution >= 4 is 17.2 Å². The number of H-pyrrole nitrogens is 1. The minimum atomic E-state index is -0.343. The second kappa shape index (κ2) is 7.55. The highest BCUT2D eigenvalue weighted by atomic mass is 32.1. The maximum atomic E-state index is 12.8. The van der Waals surface area contributed by atoms with Gasteiger partial charge in [0, 0.05) is 11.1 Å². The number of benzene rings is 1. The lowest BCUT2D eigenvalue weighted by Crippen LogP contribution is -2.30. The van der Waals surface area contributed by atoms with Gasteiger partial charge in [0.05, 0.1) is 22.3 Å². The molecule has 0 fully saturated rings. The molecule has 6 heteroatoms. The Kier molecular flexibility index (Phi) is 4.80. The van der Waals surface area contributed by atoms with Crippen LogP contribution in [0, 0.1) is 6.92 Å². The molecule has 3 aromatic heterocycles. The Morgan fingerprint density at radius 1 is 1.07 bits per heavy atom. The van der Waals surface area contributed by atoms with Gasteiger partial charge < -0.3 is 5.32 Å². The lowest BCUT2D eigenvalue weighted by Gasteiger charge is -2.18. The molecule has 4 rings (SSSR count). The number of aryl methyl sites for hydroxylation is 1. The molecule has 0 aliphatic heterocycles. The summed E-state index contributed by atoms with van der Waals surface area (Å²) in [5.41, 5.74) is 2.94. The van der Waals surface area contributed by atoms with Crippen molar-refractivity contribution in [3.05, 3.63) is 94.8 Å². The van der Waals surface area contributed by atoms with Gasteiger partial charge in [0.1, 0.15) is 0 Å². The molecule has 2 N–H and O–H groups in total. The van der Waals surface area contributed by atoms with Crippen LogP contribution in [-0.2, 0) is 0 Å². The Labute approximate surface area is 161 Å². The summed E-state index contributed by atoms with van der Waals surface area (Å²) in [5.74, 6) is -0.245. The first-order chi connectivity index (χ1) is 13.2. The number of amides is 1. The normalized spacial score (nSPS) is 11.9. The van der Waals surface area contributed by atoms with E-state index in [4.69, 9.17) is 0 Å². The van der Waals surface area contributed by atoms with Crippen molar-refractivity contribution in [3.63, 3.8) is 0 Å². The van der Waals surface area contributed by atoms with Gasteiger partial charge in [-0.3, -0.25) is 14.9 Å². The van der Waals surface area contributed by atoms with Crippen LogP contribution in [0.25, 0.3) is 10.6 Å². The molecule has 0 aliphatic carbocycles. The number of nitrogens with one attached hydrogen (secondary N) is 2. The average molecular weight is 374 g/mol. The van der Waals surface area contributed by atoms with E-state index < -0.39 is 0 Å². The lowest BCUT2D eigenvalue weighted by atomic mass is 10.0. The van der Waals surface area contributed by atoms with Crippen LogP contribution >= 0.6 is 11.3 Å². The fourth-order valence-corrected chi connectivity index (χ4v) is 3.70. The molecule has 5 nitrogen and oxygen atoms in total. The quantitative estimate of drug-likeness (QED) is 0.545. The van der Waals surface area contributed by atoms with Gasteiger partial charge in [-0.2, -0.15) is 5.10 Å². The highest BCUT2D eigenvalue weighted by Crippen LogP contribution is 2.27. The first-order valence-corrected chi connectivity index (χ1v) is 9.41. The number of nitrogens with zero attached hydrogens (tertiary/aromatic N) is 2. The Hall–Kier alpha value is -3.25. The Bertz CT molecular complexity index is 1000. The standard InChI is InChI=1S/C21H18N4OS/c1-14-10-11-19(27-14)17-13-18(25-24-17)21(26)23-20(15-7-3-2-4-8-15)16-9-5-6-12-22-16/h2-13,20H,1H3,(H,23,26)(H,24,25)/t20-/m0/s1. The van der Waals surface area contributed by atoms with Crippen LogP contribution in [0.5, 0.6) is 0 Å². The van der Waals surface area contributed by atoms with Gasteiger partial charge in [0.15, 0.2) is 5.69 Å². The summed E-state index contributed by atoms with van der Waals surface area (Å²) in [5, 5.41) is 10.2. The van der Waals surface area contributed by atoms with Gasteiger partial charge in [-0.1, -0.05) is 36.4 Å². The molecular formula is C21H18N4OS. The zero-order chi connectivity index (χ0) is 18.6. The van der Waals surface area contributed by atoms with Crippen LogP contribution in [-0.4, -0.2) is 21.1 Å². The number of carbonyl (C=O) groups excluding carboxylic acids is 1. The van der Waals surface area contributed by atoms with Crippen LogP contribution in [0.1, 0.15) is 32.7 Å². The molecule has 1 amide bonds. The minimum Gasteiger partial charge on any atom is -0.338 e. The third-order valence-corrected chi connectivity index (χ3v) is 5.24. The molecule has 0 saturated carbocycles. The molecule has 4 aromatic rings. The van der Waals surface area contributed by atoms with Crippen molar-refractivity contribution in [3.8, 4) is 10.6 Å². The Balaban J connectivity index is 1.60. The van der Waals surface area contributed by atoms with Crippen molar-refractivity contribution in [1.82, 2.24) is 20.5 Å². The van der Waals surface area contributed by atoms with E-state index in [1.54, 1.807) is 23.6 Å². The number of aromatic amines is 1. The molecule has 0 saturated heterocycles. The molecule has 27 heavy (non-hydrogen) atoms. The second-order valence-electron chi connectivity index (χ2n) is 6.15. The average Bonchev–Trinajstić information content (AvgIpc) is 3.36. The van der Waals surface area contributed by atoms with Gasteiger partial charge in [-0.15, -0.1) is 11.3 Å². The summed E-state index contributed by atoms with van der Waals surface area (Å²) in [6, 6.07) is 21.0. The summed E-state index contributed by atoms with van der Waals surface area (Å²) in [4.78, 5) is 19.5. The van der Waals surface area contributed by atoms with E-state index in [-0.39, 0.29) is 11.9 Å². The van der Waals surface area contributed by atoms with E-state index in [9.17, 15) is 4.79 Å². The molecule has 0 radical (unpaired) electrons. The number of rotatable bonds is 5. The van der Waals surface area contributed by atoms with Gasteiger partial charge in [-0.25, -0.2) is 0 Å². The van der Waals surface area contributed by atoms with Crippen molar-refractivity contribution in [1.29, 1.82) is 0 Å². The van der Waals surface area contributed by atoms with E-state index in [0.717, 1.165) is 21.8 Å². The summed E-state index contributed by atoms with van der Waals surface area (Å²) in [6.07, 6.45) is 1.73. The first-order valence-electron chi connectivity index (χ1n) is 8.59. The van der Waals surface area contributed by atoms with Crippen molar-refractivity contribution < 1.29 is 4.79 Å². The first kappa shape index (κ1) is 17.2. The number of thiophene rings is 1. The second-order valence-corrected chi connectivity index (χ2v) is 7.44. The van der Waals surface area contributed by atoms with Crippen molar-refractivity contribution in [2.75, 3.05) is 0 Å². The molecule has 0 aliphatic rings. The highest BCUT2D eigenvalue weighted by molar-refractivity contribution is 7.15. The fourth-order valence-electron chi connectivity index (χ4n) is 2.87. The number of pyridine rings is 1. The smallest absolute Gasteiger partial charge is 0.272 e. The van der Waals surface area contributed by atoms with E-state index in [1.165, 1.54) is 4.88 Å². The third kappa shape index (κ3) is 3.80. The molecule has 3 heterocycles. The largest absolute Gasteiger partial charge is 0.338 e. The van der Waals surface area contributed by atoms with Crippen LogP contribution < -0.4 is 5.32 Å². The molecular weight excluding hydrogens is 356 g/mol. The van der Waals surface area contributed by atoms with E-state index >= 15 is 0 Å². The van der Waals surface area contributed by atoms with Crippen LogP contribution in [0.3, 0.4) is 0 Å². The van der Waals surface area contributed by atoms with E-state index in [2.05, 4.69) is 27.4 Å². The number of aromatic nitrogens is 3. The number of carbonyl (C=O) groups is 1. The van der Waals surface area contributed by atoms with Gasteiger partial charge in [0.25, 0.3) is 5.91 Å². The third-order valence-electron chi connectivity index (χ3n) is 4.21. The Morgan fingerprint density at radius 3 is 2.59 bits per heavy atom. The summed E-state index contributed by atoms with van der Waals surface area (Å²) >= 11 is 1.66. The molecule has 0 unspecified atom stereocenters. The van der Waals surface area contributed by atoms with Crippen LogP contribution in [0.15, 0.2) is 72.9 Å². The van der Waals surface area contributed by atoms with Crippen molar-refractivity contribution in [2.24, 2.45) is 0 Å². The van der Waals surface area contributed by atoms with Gasteiger partial charge in [0.2, 0.25) is 0 Å². The maximum absolute atomic E-state index is 12.8. The Morgan fingerprint density at radius 2 is 1.89 bits per heavy atom. The predicted molar refractivity (Wildman–Crippen MR) is 107 cm³/mol. The van der Waals surface area contributed by atoms with Crippen molar-refractivity contribution in [2.45, 2.75) is 13.0 Å². The predicted octanol–water partition coefficient (Wildman–Crippen LogP) is 4.36. The zero-order valence-corrected chi connectivity index (χ0v) is 15.5. The number of hydrogen-bond donors (Lipinski definition) is 2. The molecule has 1 atom stereocenters. The maximum Gasteiger partial charge on any atom is 0.272 e. The summed E-state index contributed by atoms with van der Waals surface area (Å²) < 4.78 is 0. The van der Waals surface area contributed by atoms with Gasteiger partial charge >= 0.3 is 0 Å². The molecule has 0 spiro atoms. The molecule has 1 aromatic carbocycles. The van der Waals surface area contributed by atoms with Crippen LogP contribution in [0.4, 0.5) is 0 Å². The zero-order valence-electron chi connectivity index (χ0n) is 14.7. The molecule has 134 valence electrons. The SMILES string of the molecule is Cc1ccc(-c2cc(C(=O)N[C@@H](c3ccccc3)c3ccccn3)n[nH]2)s1. The highest BCUT2D eigenvalue weighted by Gasteiger charge is 2.20. The topological polar surface area (TPSA) is 70.7 Å². The monoisotopic (exact) mass is 374 g/mol. The van der Waals surface area contributed by atoms with E-state index in [1.807, 2.05) is 60.7 Å². The molecule has 0 bridgehead atoms. The minimum absolute atomic E-state index is 0.245. The lowest BCUT2D eigenvalue weighted by molar-refractivity contribution is 0.0937. The fraction of sp³-hybridized carbons (Fsp3) is 0.0952. The van der Waals surface area contributed by atoms with E-state index in [0.29, 0.717) is 5.69 Å². The van der Waals surface area contributed by atoms with Crippen LogP contribution in [0.2, 0.25) is 0 Å². The number of hydrogen-bond acceptors (Lipinski definition) is 4. The summed E-state index contributed by atoms with van der Waals surface area (Å²) in [6.45, 7) is 2.05. The summed E-state index contributed by atoms with van der Waals surface area (Å²) in [7, 11) is 0.